The molecule has 1 atom stereocenters. The Hall–Kier alpha value is -1.45. The highest BCUT2D eigenvalue weighted by Crippen LogP contribution is 2.33. The third-order valence-corrected chi connectivity index (χ3v) is 4.82. The lowest BCUT2D eigenvalue weighted by molar-refractivity contribution is 0.402. The van der Waals surface area contributed by atoms with Crippen LogP contribution < -0.4 is 5.32 Å². The Kier molecular flexibility index (Phi) is 4.51. The molecule has 1 aliphatic rings. The Morgan fingerprint density at radius 2 is 2.00 bits per heavy atom. The van der Waals surface area contributed by atoms with Crippen molar-refractivity contribution in [3.8, 4) is 0 Å². The predicted octanol–water partition coefficient (Wildman–Crippen LogP) is 4.15. The maximum absolute atomic E-state index is 3.71. The number of fused-ring (bicyclic) bond motifs is 1. The van der Waals surface area contributed by atoms with Crippen LogP contribution in [0.25, 0.3) is 0 Å². The fraction of sp³-hybridized carbons (Fsp3) is 0.333. The lowest BCUT2D eigenvalue weighted by Crippen LogP contribution is -2.19. The third-order valence-electron chi connectivity index (χ3n) is 3.74. The van der Waals surface area contributed by atoms with Gasteiger partial charge >= 0.3 is 0 Å². The summed E-state index contributed by atoms with van der Waals surface area (Å²) in [5.41, 5.74) is 5.49. The zero-order chi connectivity index (χ0) is 14.7. The molecule has 2 aromatic carbocycles. The predicted molar refractivity (Wildman–Crippen MR) is 92.8 cm³/mol. The summed E-state index contributed by atoms with van der Waals surface area (Å²) in [5, 5.41) is 3.71. The highest BCUT2D eigenvalue weighted by molar-refractivity contribution is 7.98. The van der Waals surface area contributed by atoms with E-state index in [0.29, 0.717) is 6.04 Å². The lowest BCUT2D eigenvalue weighted by atomic mass is 10.0. The third kappa shape index (κ3) is 3.60. The van der Waals surface area contributed by atoms with Gasteiger partial charge in [0, 0.05) is 23.7 Å². The summed E-state index contributed by atoms with van der Waals surface area (Å²) in [6.45, 7) is 0.978. The van der Waals surface area contributed by atoms with E-state index in [4.69, 9.17) is 0 Å². The van der Waals surface area contributed by atoms with E-state index in [-0.39, 0.29) is 0 Å². The lowest BCUT2D eigenvalue weighted by Gasteiger charge is -2.27. The molecule has 0 fully saturated rings. The molecule has 0 saturated carbocycles. The van der Waals surface area contributed by atoms with E-state index >= 15 is 0 Å². The minimum Gasteiger partial charge on any atom is -0.377 e. The fourth-order valence-corrected chi connectivity index (χ4v) is 3.93. The summed E-state index contributed by atoms with van der Waals surface area (Å²) >= 11 is 2.01. The van der Waals surface area contributed by atoms with Gasteiger partial charge in [0.2, 0.25) is 0 Å². The van der Waals surface area contributed by atoms with Crippen LogP contribution in [0.2, 0.25) is 0 Å². The van der Waals surface area contributed by atoms with Gasteiger partial charge in [-0.05, 0) is 42.9 Å². The molecule has 0 spiro atoms. The number of thioether (sulfide) groups is 1. The van der Waals surface area contributed by atoms with Crippen molar-refractivity contribution < 1.29 is 0 Å². The summed E-state index contributed by atoms with van der Waals surface area (Å²) in [7, 11) is 4.21. The number of anilines is 1. The highest BCUT2D eigenvalue weighted by atomic mass is 32.2. The molecule has 0 saturated heterocycles. The molecule has 0 bridgehead atoms. The monoisotopic (exact) mass is 298 g/mol. The van der Waals surface area contributed by atoms with Crippen LogP contribution in [0.1, 0.15) is 22.7 Å². The first-order chi connectivity index (χ1) is 10.2. The minimum atomic E-state index is 0.412. The van der Waals surface area contributed by atoms with Crippen LogP contribution in [0.4, 0.5) is 5.69 Å². The molecule has 1 heterocycles. The Balaban J connectivity index is 1.78. The second-order valence-corrected chi connectivity index (χ2v) is 6.88. The minimum absolute atomic E-state index is 0.412. The molecule has 1 N–H and O–H groups in total. The van der Waals surface area contributed by atoms with Gasteiger partial charge in [-0.25, -0.2) is 0 Å². The molecular formula is C18H22N2S. The maximum atomic E-state index is 3.71. The van der Waals surface area contributed by atoms with Crippen LogP contribution in [0.5, 0.6) is 0 Å². The van der Waals surface area contributed by atoms with Gasteiger partial charge in [0.25, 0.3) is 0 Å². The van der Waals surface area contributed by atoms with Crippen molar-refractivity contribution in [2.24, 2.45) is 0 Å². The summed E-state index contributed by atoms with van der Waals surface area (Å²) in [6, 6.07) is 18.0. The molecular weight excluding hydrogens is 276 g/mol. The summed E-state index contributed by atoms with van der Waals surface area (Å²) in [5.74, 6) is 2.27. The maximum Gasteiger partial charge on any atom is 0.0607 e. The summed E-state index contributed by atoms with van der Waals surface area (Å²) in [6.07, 6.45) is 0. The van der Waals surface area contributed by atoms with Crippen molar-refractivity contribution in [2.45, 2.75) is 18.3 Å². The van der Waals surface area contributed by atoms with Crippen LogP contribution in [0.15, 0.2) is 48.5 Å². The zero-order valence-electron chi connectivity index (χ0n) is 12.7. The van der Waals surface area contributed by atoms with Crippen molar-refractivity contribution in [3.63, 3.8) is 0 Å². The fourth-order valence-electron chi connectivity index (χ4n) is 2.83. The van der Waals surface area contributed by atoms with Crippen LogP contribution in [-0.4, -0.2) is 24.7 Å². The molecule has 0 amide bonds. The molecule has 1 aliphatic heterocycles. The van der Waals surface area contributed by atoms with Gasteiger partial charge in [0.15, 0.2) is 0 Å². The number of nitrogens with zero attached hydrogens (tertiary/aromatic N) is 1. The average molecular weight is 298 g/mol. The molecule has 2 aromatic rings. The Labute approximate surface area is 131 Å². The Morgan fingerprint density at radius 3 is 2.86 bits per heavy atom. The smallest absolute Gasteiger partial charge is 0.0607 e. The number of hydrogen-bond donors (Lipinski definition) is 1. The van der Waals surface area contributed by atoms with Gasteiger partial charge in [0.05, 0.1) is 6.04 Å². The molecule has 21 heavy (non-hydrogen) atoms. The highest BCUT2D eigenvalue weighted by Gasteiger charge is 2.19. The van der Waals surface area contributed by atoms with E-state index in [1.807, 2.05) is 11.8 Å². The average Bonchev–Trinajstić information content (AvgIpc) is 2.47. The molecule has 110 valence electrons. The first-order valence-corrected chi connectivity index (χ1v) is 8.53. The number of hydrogen-bond acceptors (Lipinski definition) is 3. The topological polar surface area (TPSA) is 15.3 Å². The van der Waals surface area contributed by atoms with E-state index in [9.17, 15) is 0 Å². The van der Waals surface area contributed by atoms with Crippen molar-refractivity contribution >= 4 is 17.4 Å². The van der Waals surface area contributed by atoms with Crippen molar-refractivity contribution in [2.75, 3.05) is 25.2 Å². The molecule has 3 rings (SSSR count). The first kappa shape index (κ1) is 14.5. The normalized spacial score (nSPS) is 17.6. The molecule has 0 aliphatic carbocycles. The van der Waals surface area contributed by atoms with Crippen molar-refractivity contribution in [3.05, 3.63) is 65.2 Å². The van der Waals surface area contributed by atoms with E-state index < -0.39 is 0 Å². The second-order valence-electron chi connectivity index (χ2n) is 5.85. The first-order valence-electron chi connectivity index (χ1n) is 7.38. The van der Waals surface area contributed by atoms with E-state index in [1.165, 1.54) is 22.4 Å². The van der Waals surface area contributed by atoms with E-state index in [2.05, 4.69) is 72.8 Å². The van der Waals surface area contributed by atoms with Gasteiger partial charge in [0.1, 0.15) is 0 Å². The summed E-state index contributed by atoms with van der Waals surface area (Å²) < 4.78 is 0. The summed E-state index contributed by atoms with van der Waals surface area (Å²) in [4.78, 5) is 2.20. The van der Waals surface area contributed by atoms with Crippen LogP contribution in [-0.2, 0) is 12.3 Å². The second kappa shape index (κ2) is 6.54. The molecule has 0 radical (unpaired) electrons. The number of rotatable bonds is 4. The Bertz CT molecular complexity index is 610. The van der Waals surface area contributed by atoms with Gasteiger partial charge < -0.3 is 10.2 Å². The van der Waals surface area contributed by atoms with Crippen LogP contribution in [0, 0.1) is 0 Å². The zero-order valence-corrected chi connectivity index (χ0v) is 13.5. The molecule has 2 nitrogen and oxygen atoms in total. The van der Waals surface area contributed by atoms with Crippen LogP contribution in [0.3, 0.4) is 0 Å². The number of nitrogens with one attached hydrogen (secondary N) is 1. The van der Waals surface area contributed by atoms with E-state index in [0.717, 1.165) is 18.1 Å². The largest absolute Gasteiger partial charge is 0.377 e. The van der Waals surface area contributed by atoms with E-state index in [1.54, 1.807) is 0 Å². The molecule has 1 unspecified atom stereocenters. The Morgan fingerprint density at radius 1 is 1.14 bits per heavy atom. The van der Waals surface area contributed by atoms with Gasteiger partial charge in [-0.1, -0.05) is 36.4 Å². The van der Waals surface area contributed by atoms with Gasteiger partial charge in [-0.3, -0.25) is 0 Å². The SMILES string of the molecule is CN(C)Cc1cccc(NC2CSCc3ccccc32)c1. The van der Waals surface area contributed by atoms with Gasteiger partial charge in [-0.15, -0.1) is 0 Å². The van der Waals surface area contributed by atoms with Crippen LogP contribution >= 0.6 is 11.8 Å². The quantitative estimate of drug-likeness (QED) is 0.913. The molecule has 3 heteroatoms. The van der Waals surface area contributed by atoms with Crippen molar-refractivity contribution in [1.82, 2.24) is 4.90 Å². The standard InChI is InChI=1S/C18H22N2S/c1-20(2)11-14-6-5-8-16(10-14)19-18-13-21-12-15-7-3-4-9-17(15)18/h3-10,18-19H,11-13H2,1-2H3. The van der Waals surface area contributed by atoms with Crippen molar-refractivity contribution in [1.29, 1.82) is 0 Å². The molecule has 0 aromatic heterocycles. The van der Waals surface area contributed by atoms with Gasteiger partial charge in [-0.2, -0.15) is 11.8 Å². The number of benzene rings is 2.